The first-order valence-corrected chi connectivity index (χ1v) is 6.43. The molecule has 0 aliphatic carbocycles. The van der Waals surface area contributed by atoms with Crippen molar-refractivity contribution in [2.75, 3.05) is 0 Å². The molecule has 0 saturated heterocycles. The van der Waals surface area contributed by atoms with Crippen molar-refractivity contribution in [2.24, 2.45) is 11.7 Å². The zero-order chi connectivity index (χ0) is 14.2. The van der Waals surface area contributed by atoms with Crippen molar-refractivity contribution in [2.45, 2.75) is 19.9 Å². The molecule has 0 bridgehead atoms. The van der Waals surface area contributed by atoms with Crippen molar-refractivity contribution in [3.05, 3.63) is 34.1 Å². The molecular weight excluding hydrogens is 320 g/mol. The number of hydrogen-bond donors (Lipinski definition) is 1. The molecule has 1 aromatic heterocycles. The molecule has 0 amide bonds. The molecule has 1 unspecified atom stereocenters. The average molecular weight is 332 g/mol. The van der Waals surface area contributed by atoms with Gasteiger partial charge in [-0.05, 0) is 18.1 Å². The first kappa shape index (κ1) is 14.1. The lowest BCUT2D eigenvalue weighted by atomic mass is 10.1. The summed E-state index contributed by atoms with van der Waals surface area (Å²) in [5.74, 6) is -1.45. The quantitative estimate of drug-likeness (QED) is 0.935. The summed E-state index contributed by atoms with van der Waals surface area (Å²) in [5.41, 5.74) is 5.50. The van der Waals surface area contributed by atoms with Gasteiger partial charge in [0.25, 0.3) is 5.89 Å². The minimum Gasteiger partial charge on any atom is -0.334 e. The third kappa shape index (κ3) is 2.82. The van der Waals surface area contributed by atoms with E-state index in [1.54, 1.807) is 0 Å². The number of rotatable bonds is 3. The maximum absolute atomic E-state index is 13.7. The maximum atomic E-state index is 13.7. The first-order valence-electron chi connectivity index (χ1n) is 5.64. The molecule has 2 N–H and O–H groups in total. The van der Waals surface area contributed by atoms with E-state index in [1.807, 2.05) is 13.8 Å². The fourth-order valence-corrected chi connectivity index (χ4v) is 1.92. The van der Waals surface area contributed by atoms with E-state index in [0.29, 0.717) is 4.47 Å². The molecule has 0 fully saturated rings. The Morgan fingerprint density at radius 1 is 1.26 bits per heavy atom. The number of nitrogens with two attached hydrogens (primary N) is 1. The lowest BCUT2D eigenvalue weighted by Gasteiger charge is -2.09. The number of benzene rings is 1. The number of aromatic nitrogens is 2. The summed E-state index contributed by atoms with van der Waals surface area (Å²) in [6, 6.07) is 1.81. The second-order valence-electron chi connectivity index (χ2n) is 4.47. The Bertz CT molecular complexity index is 577. The van der Waals surface area contributed by atoms with Crippen molar-refractivity contribution in [3.63, 3.8) is 0 Å². The maximum Gasteiger partial charge on any atom is 0.263 e. The Morgan fingerprint density at radius 3 is 2.37 bits per heavy atom. The molecule has 0 aliphatic rings. The molecule has 2 aromatic rings. The van der Waals surface area contributed by atoms with Gasteiger partial charge in [-0.2, -0.15) is 4.98 Å². The van der Waals surface area contributed by atoms with Crippen LogP contribution in [0.25, 0.3) is 11.5 Å². The lowest BCUT2D eigenvalue weighted by molar-refractivity contribution is 0.397. The van der Waals surface area contributed by atoms with Crippen molar-refractivity contribution < 1.29 is 13.3 Å². The highest BCUT2D eigenvalue weighted by atomic mass is 79.9. The molecule has 2 rings (SSSR count). The van der Waals surface area contributed by atoms with Crippen LogP contribution in [0.2, 0.25) is 0 Å². The largest absolute Gasteiger partial charge is 0.334 e. The van der Waals surface area contributed by atoms with Gasteiger partial charge < -0.3 is 10.3 Å². The highest BCUT2D eigenvalue weighted by Crippen LogP contribution is 2.29. The van der Waals surface area contributed by atoms with E-state index in [0.717, 1.165) is 12.1 Å². The van der Waals surface area contributed by atoms with E-state index in [4.69, 9.17) is 10.3 Å². The Morgan fingerprint density at radius 2 is 1.84 bits per heavy atom. The number of nitrogens with zero attached hydrogens (tertiary/aromatic N) is 2. The Hall–Kier alpha value is -1.34. The predicted molar refractivity (Wildman–Crippen MR) is 69.1 cm³/mol. The van der Waals surface area contributed by atoms with Crippen LogP contribution in [0.4, 0.5) is 8.78 Å². The Labute approximate surface area is 117 Å². The summed E-state index contributed by atoms with van der Waals surface area (Å²) in [6.45, 7) is 3.78. The van der Waals surface area contributed by atoms with E-state index >= 15 is 0 Å². The summed E-state index contributed by atoms with van der Waals surface area (Å²) < 4.78 is 32.7. The monoisotopic (exact) mass is 331 g/mol. The van der Waals surface area contributed by atoms with Crippen molar-refractivity contribution in [1.82, 2.24) is 10.1 Å². The summed E-state index contributed by atoms with van der Waals surface area (Å²) in [5, 5.41) is 3.66. The van der Waals surface area contributed by atoms with Crippen LogP contribution in [0.15, 0.2) is 21.1 Å². The van der Waals surface area contributed by atoms with Gasteiger partial charge in [-0.3, -0.25) is 0 Å². The third-order valence-electron chi connectivity index (χ3n) is 2.68. The minimum atomic E-state index is -0.778. The fraction of sp³-hybridized carbons (Fsp3) is 0.333. The van der Waals surface area contributed by atoms with E-state index in [-0.39, 0.29) is 23.2 Å². The van der Waals surface area contributed by atoms with Gasteiger partial charge in [-0.25, -0.2) is 8.78 Å². The van der Waals surface area contributed by atoms with Crippen LogP contribution < -0.4 is 5.73 Å². The van der Waals surface area contributed by atoms with Crippen LogP contribution in [0.1, 0.15) is 25.7 Å². The smallest absolute Gasteiger partial charge is 0.263 e. The van der Waals surface area contributed by atoms with Crippen LogP contribution in [0.5, 0.6) is 0 Å². The van der Waals surface area contributed by atoms with Gasteiger partial charge in [0.1, 0.15) is 17.2 Å². The molecule has 0 spiro atoms. The first-order chi connectivity index (χ1) is 8.90. The summed E-state index contributed by atoms with van der Waals surface area (Å²) in [4.78, 5) is 3.95. The van der Waals surface area contributed by atoms with E-state index in [1.165, 1.54) is 0 Å². The van der Waals surface area contributed by atoms with Crippen molar-refractivity contribution in [3.8, 4) is 11.5 Å². The van der Waals surface area contributed by atoms with Gasteiger partial charge in [-0.15, -0.1) is 0 Å². The Kier molecular flexibility index (Phi) is 3.96. The molecule has 19 heavy (non-hydrogen) atoms. The van der Waals surface area contributed by atoms with Gasteiger partial charge in [0.2, 0.25) is 0 Å². The second-order valence-corrected chi connectivity index (χ2v) is 5.39. The van der Waals surface area contributed by atoms with Gasteiger partial charge >= 0.3 is 0 Å². The minimum absolute atomic E-state index is 0.0880. The summed E-state index contributed by atoms with van der Waals surface area (Å²) in [7, 11) is 0. The number of halogens is 3. The third-order valence-corrected chi connectivity index (χ3v) is 3.14. The van der Waals surface area contributed by atoms with Gasteiger partial charge in [0.05, 0.1) is 6.04 Å². The molecule has 7 heteroatoms. The summed E-state index contributed by atoms with van der Waals surface area (Å²) >= 11 is 3.00. The van der Waals surface area contributed by atoms with Crippen LogP contribution in [-0.2, 0) is 0 Å². The predicted octanol–water partition coefficient (Wildman–Crippen LogP) is 3.43. The van der Waals surface area contributed by atoms with Crippen LogP contribution >= 0.6 is 15.9 Å². The molecule has 1 atom stereocenters. The summed E-state index contributed by atoms with van der Waals surface area (Å²) in [6.07, 6.45) is 0. The highest BCUT2D eigenvalue weighted by Gasteiger charge is 2.22. The fourth-order valence-electron chi connectivity index (χ4n) is 1.52. The molecule has 0 radical (unpaired) electrons. The normalized spacial score (nSPS) is 13.0. The zero-order valence-corrected chi connectivity index (χ0v) is 11.9. The van der Waals surface area contributed by atoms with Crippen LogP contribution in [0.3, 0.4) is 0 Å². The second kappa shape index (κ2) is 5.34. The Balaban J connectivity index is 2.44. The van der Waals surface area contributed by atoms with Gasteiger partial charge in [-0.1, -0.05) is 34.9 Å². The van der Waals surface area contributed by atoms with Crippen LogP contribution in [0, 0.1) is 17.6 Å². The number of hydrogen-bond acceptors (Lipinski definition) is 4. The molecule has 102 valence electrons. The van der Waals surface area contributed by atoms with E-state index < -0.39 is 17.7 Å². The highest BCUT2D eigenvalue weighted by molar-refractivity contribution is 9.10. The molecule has 1 aromatic carbocycles. The standard InChI is InChI=1S/C12H12BrF2N3O/c1-5(2)10(16)11-17-12(19-18-11)9-7(14)3-6(13)4-8(9)15/h3-5,10H,16H2,1-2H3. The lowest BCUT2D eigenvalue weighted by Crippen LogP contribution is -2.18. The van der Waals surface area contributed by atoms with Crippen molar-refractivity contribution in [1.29, 1.82) is 0 Å². The average Bonchev–Trinajstić information content (AvgIpc) is 2.75. The van der Waals surface area contributed by atoms with Gasteiger partial charge in [0.15, 0.2) is 5.82 Å². The molecule has 0 saturated carbocycles. The topological polar surface area (TPSA) is 64.9 Å². The van der Waals surface area contributed by atoms with Crippen LogP contribution in [-0.4, -0.2) is 10.1 Å². The molecule has 4 nitrogen and oxygen atoms in total. The van der Waals surface area contributed by atoms with E-state index in [9.17, 15) is 8.78 Å². The SMILES string of the molecule is CC(C)C(N)c1noc(-c2c(F)cc(Br)cc2F)n1. The molecular formula is C12H12BrF2N3O. The molecule has 0 aliphatic heterocycles. The van der Waals surface area contributed by atoms with E-state index in [2.05, 4.69) is 26.1 Å². The van der Waals surface area contributed by atoms with Crippen molar-refractivity contribution >= 4 is 15.9 Å². The molecule has 1 heterocycles. The zero-order valence-electron chi connectivity index (χ0n) is 10.3. The van der Waals surface area contributed by atoms with Gasteiger partial charge in [0, 0.05) is 4.47 Å².